The van der Waals surface area contributed by atoms with Crippen LogP contribution < -0.4 is 15.6 Å². The lowest BCUT2D eigenvalue weighted by molar-refractivity contribution is 0.304. The molecule has 1 N–H and O–H groups in total. The number of nitrogens with one attached hydrogen (secondary N) is 1. The third-order valence-electron chi connectivity index (χ3n) is 5.81. The molecule has 0 aliphatic rings. The van der Waals surface area contributed by atoms with Crippen molar-refractivity contribution in [3.8, 4) is 5.75 Å². The van der Waals surface area contributed by atoms with Gasteiger partial charge in [-0.2, -0.15) is 0 Å². The Morgan fingerprint density at radius 3 is 2.70 bits per heavy atom. The maximum atomic E-state index is 12.0. The summed E-state index contributed by atoms with van der Waals surface area (Å²) < 4.78 is 7.76. The van der Waals surface area contributed by atoms with Crippen molar-refractivity contribution >= 4 is 10.9 Å². The van der Waals surface area contributed by atoms with E-state index in [4.69, 9.17) is 4.74 Å². The molecule has 1 aromatic carbocycles. The summed E-state index contributed by atoms with van der Waals surface area (Å²) in [4.78, 5) is 20.4. The van der Waals surface area contributed by atoms with Gasteiger partial charge in [0.15, 0.2) is 0 Å². The van der Waals surface area contributed by atoms with Gasteiger partial charge in [-0.3, -0.25) is 14.8 Å². The Balaban J connectivity index is 1.30. The summed E-state index contributed by atoms with van der Waals surface area (Å²) in [5, 5.41) is 4.69. The Kier molecular flexibility index (Phi) is 7.82. The predicted octanol–water partition coefficient (Wildman–Crippen LogP) is 4.54. The monoisotopic (exact) mass is 442 g/mol. The van der Waals surface area contributed by atoms with Crippen LogP contribution in [0.5, 0.6) is 5.75 Å². The second-order valence-corrected chi connectivity index (χ2v) is 8.03. The summed E-state index contributed by atoms with van der Waals surface area (Å²) in [5.41, 5.74) is 3.45. The summed E-state index contributed by atoms with van der Waals surface area (Å²) in [6, 6.07) is 17.9. The van der Waals surface area contributed by atoms with Gasteiger partial charge in [-0.15, -0.1) is 0 Å². The molecule has 6 nitrogen and oxygen atoms in total. The SMILES string of the molecule is CCn1c(=O)ccc2cc(OCCCNC(CCc3cccnc3)c3ccncc3)ccc21. The molecule has 0 bridgehead atoms. The van der Waals surface area contributed by atoms with Crippen LogP contribution in [0.1, 0.15) is 36.9 Å². The van der Waals surface area contributed by atoms with Crippen molar-refractivity contribution in [2.75, 3.05) is 13.2 Å². The van der Waals surface area contributed by atoms with E-state index < -0.39 is 0 Å². The van der Waals surface area contributed by atoms with Gasteiger partial charge in [-0.05, 0) is 86.3 Å². The normalized spacial score (nSPS) is 12.0. The Bertz CT molecular complexity index is 1210. The number of benzene rings is 1. The molecule has 0 fully saturated rings. The van der Waals surface area contributed by atoms with E-state index in [1.165, 1.54) is 11.1 Å². The summed E-state index contributed by atoms with van der Waals surface area (Å²) in [5.74, 6) is 0.825. The molecular weight excluding hydrogens is 412 g/mol. The minimum atomic E-state index is 0.0250. The molecule has 0 saturated carbocycles. The quantitative estimate of drug-likeness (QED) is 0.345. The number of fused-ring (bicyclic) bond motifs is 1. The molecular formula is C27H30N4O2. The van der Waals surface area contributed by atoms with Gasteiger partial charge in [0, 0.05) is 48.8 Å². The smallest absolute Gasteiger partial charge is 0.250 e. The topological polar surface area (TPSA) is 69.0 Å². The van der Waals surface area contributed by atoms with Gasteiger partial charge in [0.05, 0.1) is 12.1 Å². The lowest BCUT2D eigenvalue weighted by Crippen LogP contribution is -2.24. The fraction of sp³-hybridized carbons (Fsp3) is 0.296. The number of pyridine rings is 3. The lowest BCUT2D eigenvalue weighted by atomic mass is 10.0. The number of hydrogen-bond acceptors (Lipinski definition) is 5. The molecule has 6 heteroatoms. The van der Waals surface area contributed by atoms with Crippen LogP contribution in [0.2, 0.25) is 0 Å². The van der Waals surface area contributed by atoms with E-state index in [-0.39, 0.29) is 11.6 Å². The lowest BCUT2D eigenvalue weighted by Gasteiger charge is -2.19. The van der Waals surface area contributed by atoms with Gasteiger partial charge in [-0.1, -0.05) is 6.07 Å². The molecule has 4 aromatic rings. The van der Waals surface area contributed by atoms with Crippen molar-refractivity contribution in [2.24, 2.45) is 0 Å². The average molecular weight is 443 g/mol. The Morgan fingerprint density at radius 2 is 1.91 bits per heavy atom. The average Bonchev–Trinajstić information content (AvgIpc) is 2.87. The van der Waals surface area contributed by atoms with E-state index in [0.29, 0.717) is 13.2 Å². The van der Waals surface area contributed by atoms with E-state index in [0.717, 1.165) is 42.5 Å². The van der Waals surface area contributed by atoms with Crippen LogP contribution >= 0.6 is 0 Å². The first-order valence-corrected chi connectivity index (χ1v) is 11.5. The molecule has 0 spiro atoms. The Labute approximate surface area is 194 Å². The number of ether oxygens (including phenoxy) is 1. The highest BCUT2D eigenvalue weighted by molar-refractivity contribution is 5.80. The first kappa shape index (κ1) is 22.7. The molecule has 0 amide bonds. The van der Waals surface area contributed by atoms with Crippen molar-refractivity contribution in [2.45, 2.75) is 38.8 Å². The number of rotatable bonds is 11. The Hall–Kier alpha value is -3.51. The molecule has 1 unspecified atom stereocenters. The molecule has 3 aromatic heterocycles. The number of nitrogens with zero attached hydrogens (tertiary/aromatic N) is 3. The second kappa shape index (κ2) is 11.4. The minimum absolute atomic E-state index is 0.0250. The molecule has 0 saturated heterocycles. The van der Waals surface area contributed by atoms with Gasteiger partial charge < -0.3 is 14.6 Å². The van der Waals surface area contributed by atoms with Gasteiger partial charge in [0.1, 0.15) is 5.75 Å². The fourth-order valence-corrected chi connectivity index (χ4v) is 4.08. The maximum Gasteiger partial charge on any atom is 0.250 e. The number of aromatic nitrogens is 3. The highest BCUT2D eigenvalue weighted by Gasteiger charge is 2.11. The molecule has 0 radical (unpaired) electrons. The van der Waals surface area contributed by atoms with E-state index in [2.05, 4.69) is 33.5 Å². The molecule has 4 rings (SSSR count). The zero-order valence-corrected chi connectivity index (χ0v) is 19.0. The van der Waals surface area contributed by atoms with Crippen LogP contribution in [0.15, 0.2) is 84.2 Å². The van der Waals surface area contributed by atoms with E-state index >= 15 is 0 Å². The second-order valence-electron chi connectivity index (χ2n) is 8.03. The summed E-state index contributed by atoms with van der Waals surface area (Å²) in [6.45, 7) is 4.11. The van der Waals surface area contributed by atoms with Crippen LogP contribution in [-0.2, 0) is 13.0 Å². The van der Waals surface area contributed by atoms with Crippen LogP contribution in [0.25, 0.3) is 10.9 Å². The van der Waals surface area contributed by atoms with Gasteiger partial charge in [-0.25, -0.2) is 0 Å². The summed E-state index contributed by atoms with van der Waals surface area (Å²) >= 11 is 0. The fourth-order valence-electron chi connectivity index (χ4n) is 4.08. The maximum absolute atomic E-state index is 12.0. The summed E-state index contributed by atoms with van der Waals surface area (Å²) in [7, 11) is 0. The molecule has 33 heavy (non-hydrogen) atoms. The third-order valence-corrected chi connectivity index (χ3v) is 5.81. The number of hydrogen-bond donors (Lipinski definition) is 1. The summed E-state index contributed by atoms with van der Waals surface area (Å²) in [6.07, 6.45) is 10.3. The highest BCUT2D eigenvalue weighted by atomic mass is 16.5. The third kappa shape index (κ3) is 6.05. The van der Waals surface area contributed by atoms with Crippen molar-refractivity contribution in [1.82, 2.24) is 19.9 Å². The van der Waals surface area contributed by atoms with E-state index in [1.807, 2.05) is 55.8 Å². The van der Waals surface area contributed by atoms with E-state index in [9.17, 15) is 4.79 Å². The highest BCUT2D eigenvalue weighted by Crippen LogP contribution is 2.21. The molecule has 3 heterocycles. The van der Waals surface area contributed by atoms with Crippen LogP contribution in [0.3, 0.4) is 0 Å². The molecule has 170 valence electrons. The van der Waals surface area contributed by atoms with Crippen molar-refractivity contribution in [1.29, 1.82) is 0 Å². The number of aryl methyl sites for hydroxylation is 2. The van der Waals surface area contributed by atoms with Crippen LogP contribution in [0, 0.1) is 0 Å². The van der Waals surface area contributed by atoms with E-state index in [1.54, 1.807) is 16.8 Å². The predicted molar refractivity (Wildman–Crippen MR) is 132 cm³/mol. The molecule has 0 aliphatic heterocycles. The van der Waals surface area contributed by atoms with Gasteiger partial charge in [0.2, 0.25) is 0 Å². The van der Waals surface area contributed by atoms with Crippen molar-refractivity contribution in [3.05, 3.63) is 101 Å². The zero-order valence-electron chi connectivity index (χ0n) is 19.0. The van der Waals surface area contributed by atoms with Crippen LogP contribution in [0.4, 0.5) is 0 Å². The molecule has 1 atom stereocenters. The standard InChI is InChI=1S/C27H30N4O2/c1-2-31-26-10-8-24(19-23(26)7-11-27(31)32)33-18-4-15-30-25(22-12-16-28-17-13-22)9-6-21-5-3-14-29-20-21/h3,5,7-8,10-14,16-17,19-20,25,30H,2,4,6,9,15,18H2,1H3. The Morgan fingerprint density at radius 1 is 1.03 bits per heavy atom. The van der Waals surface area contributed by atoms with Gasteiger partial charge >= 0.3 is 0 Å². The zero-order chi connectivity index (χ0) is 22.9. The van der Waals surface area contributed by atoms with Crippen molar-refractivity contribution in [3.63, 3.8) is 0 Å². The molecule has 0 aliphatic carbocycles. The minimum Gasteiger partial charge on any atom is -0.494 e. The van der Waals surface area contributed by atoms with Crippen molar-refractivity contribution < 1.29 is 4.74 Å². The van der Waals surface area contributed by atoms with Gasteiger partial charge in [0.25, 0.3) is 5.56 Å². The van der Waals surface area contributed by atoms with Crippen LogP contribution in [-0.4, -0.2) is 27.7 Å². The first-order valence-electron chi connectivity index (χ1n) is 11.5. The largest absolute Gasteiger partial charge is 0.494 e. The first-order chi connectivity index (χ1) is 16.2.